The van der Waals surface area contributed by atoms with E-state index in [2.05, 4.69) is 36.3 Å². The van der Waals surface area contributed by atoms with Crippen molar-refractivity contribution in [3.8, 4) is 28.8 Å². The topological polar surface area (TPSA) is 113 Å². The molecule has 1 aliphatic rings. The zero-order valence-electron chi connectivity index (χ0n) is 18.3. The summed E-state index contributed by atoms with van der Waals surface area (Å²) in [6.45, 7) is 3.63. The maximum atomic E-state index is 9.67. The summed E-state index contributed by atoms with van der Waals surface area (Å²) < 4.78 is 11.7. The van der Waals surface area contributed by atoms with Crippen molar-refractivity contribution in [3.05, 3.63) is 51.9 Å². The second-order valence-corrected chi connectivity index (χ2v) is 8.59. The van der Waals surface area contributed by atoms with Crippen molar-refractivity contribution in [2.75, 3.05) is 25.1 Å². The molecule has 1 aliphatic heterocycles. The van der Waals surface area contributed by atoms with Crippen molar-refractivity contribution in [2.24, 2.45) is 0 Å². The fourth-order valence-electron chi connectivity index (χ4n) is 3.91. The fraction of sp³-hybridized carbons (Fsp3) is 0.261. The zero-order chi connectivity index (χ0) is 23.8. The Bertz CT molecular complexity index is 1410. The van der Waals surface area contributed by atoms with E-state index in [9.17, 15) is 5.26 Å². The molecule has 0 aliphatic carbocycles. The monoisotopic (exact) mass is 495 g/mol. The molecule has 1 saturated heterocycles. The summed E-state index contributed by atoms with van der Waals surface area (Å²) in [5.74, 6) is 1.68. The number of nitrogens with zero attached hydrogens (tertiary/aromatic N) is 6. The number of halogens is 2. The van der Waals surface area contributed by atoms with Crippen molar-refractivity contribution in [3.63, 3.8) is 0 Å². The number of benzene rings is 1. The third-order valence-electron chi connectivity index (χ3n) is 5.77. The quantitative estimate of drug-likeness (QED) is 0.399. The van der Waals surface area contributed by atoms with Gasteiger partial charge in [-0.05, 0) is 25.5 Å². The second kappa shape index (κ2) is 8.97. The first-order valence-electron chi connectivity index (χ1n) is 10.5. The number of aromatic nitrogens is 5. The molecule has 172 valence electrons. The van der Waals surface area contributed by atoms with Crippen LogP contribution in [0.15, 0.2) is 30.6 Å². The summed E-state index contributed by atoms with van der Waals surface area (Å²) in [6.07, 6.45) is 3.73. The van der Waals surface area contributed by atoms with Crippen LogP contribution in [0.1, 0.15) is 30.6 Å². The van der Waals surface area contributed by atoms with Gasteiger partial charge in [0.05, 0.1) is 35.0 Å². The number of fused-ring (bicyclic) bond motifs is 1. The lowest BCUT2D eigenvalue weighted by molar-refractivity contribution is 0.216. The van der Waals surface area contributed by atoms with Crippen molar-refractivity contribution >= 4 is 39.9 Å². The Morgan fingerprint density at radius 1 is 1.18 bits per heavy atom. The molecule has 4 aromatic rings. The highest BCUT2D eigenvalue weighted by molar-refractivity contribution is 6.35. The minimum absolute atomic E-state index is 0.168. The fourth-order valence-corrected chi connectivity index (χ4v) is 4.54. The Morgan fingerprint density at radius 2 is 2.00 bits per heavy atom. The summed E-state index contributed by atoms with van der Waals surface area (Å²) in [6, 6.07) is 7.70. The number of H-pyrrole nitrogens is 1. The van der Waals surface area contributed by atoms with Gasteiger partial charge in [0.1, 0.15) is 23.7 Å². The van der Waals surface area contributed by atoms with Crippen LogP contribution in [0, 0.1) is 11.3 Å². The molecule has 4 heterocycles. The number of methoxy groups -OCH3 is 1. The summed E-state index contributed by atoms with van der Waals surface area (Å²) in [5.41, 5.74) is 3.16. The highest BCUT2D eigenvalue weighted by Crippen LogP contribution is 2.40. The third-order valence-corrected chi connectivity index (χ3v) is 6.35. The van der Waals surface area contributed by atoms with Crippen LogP contribution < -0.4 is 14.4 Å². The second-order valence-electron chi connectivity index (χ2n) is 7.83. The Hall–Kier alpha value is -3.61. The molecule has 1 unspecified atom stereocenters. The highest BCUT2D eigenvalue weighted by Gasteiger charge is 2.23. The smallest absolute Gasteiger partial charge is 0.162 e. The number of anilines is 1. The Kier molecular flexibility index (Phi) is 5.86. The standard InChI is InChI=1S/C23H19Cl2N7O2/c1-12(20-16(24)11-28-31-22(20)25)34-19-7-15-17(8-18(19)33-2)29-30-21(15)14-6-13(9-26)23(27-10-14)32-4-3-5-32/h6-8,10-12H,3-5H2,1-2H3,(H,29,30). The number of ether oxygens (including phenoxy) is 2. The van der Waals surface area contributed by atoms with Gasteiger partial charge in [0.25, 0.3) is 0 Å². The summed E-state index contributed by atoms with van der Waals surface area (Å²) >= 11 is 12.5. The van der Waals surface area contributed by atoms with E-state index in [1.165, 1.54) is 6.20 Å². The predicted molar refractivity (Wildman–Crippen MR) is 129 cm³/mol. The van der Waals surface area contributed by atoms with Gasteiger partial charge >= 0.3 is 0 Å². The zero-order valence-corrected chi connectivity index (χ0v) is 19.9. The van der Waals surface area contributed by atoms with Gasteiger partial charge < -0.3 is 14.4 Å². The van der Waals surface area contributed by atoms with Gasteiger partial charge in [-0.2, -0.15) is 15.5 Å². The van der Waals surface area contributed by atoms with E-state index in [1.54, 1.807) is 19.4 Å². The largest absolute Gasteiger partial charge is 0.493 e. The van der Waals surface area contributed by atoms with E-state index in [0.717, 1.165) is 36.0 Å². The molecular formula is C23H19Cl2N7O2. The van der Waals surface area contributed by atoms with Gasteiger partial charge in [-0.1, -0.05) is 23.2 Å². The van der Waals surface area contributed by atoms with E-state index >= 15 is 0 Å². The molecule has 1 atom stereocenters. The van der Waals surface area contributed by atoms with Crippen LogP contribution in [0.25, 0.3) is 22.2 Å². The number of aromatic amines is 1. The molecule has 9 nitrogen and oxygen atoms in total. The van der Waals surface area contributed by atoms with Gasteiger partial charge in [0.15, 0.2) is 16.7 Å². The number of hydrogen-bond donors (Lipinski definition) is 1. The van der Waals surface area contributed by atoms with Crippen molar-refractivity contribution in [1.29, 1.82) is 5.26 Å². The van der Waals surface area contributed by atoms with Gasteiger partial charge in [0.2, 0.25) is 0 Å². The molecule has 0 saturated carbocycles. The molecule has 1 N–H and O–H groups in total. The minimum Gasteiger partial charge on any atom is -0.493 e. The molecule has 0 spiro atoms. The molecule has 3 aromatic heterocycles. The number of hydrogen-bond acceptors (Lipinski definition) is 8. The summed E-state index contributed by atoms with van der Waals surface area (Å²) in [7, 11) is 1.56. The van der Waals surface area contributed by atoms with Gasteiger partial charge in [-0.15, -0.1) is 5.10 Å². The van der Waals surface area contributed by atoms with Crippen LogP contribution in [0.5, 0.6) is 11.5 Å². The Morgan fingerprint density at radius 3 is 2.68 bits per heavy atom. The average molecular weight is 496 g/mol. The van der Waals surface area contributed by atoms with Gasteiger partial charge in [-0.3, -0.25) is 5.10 Å². The van der Waals surface area contributed by atoms with Gasteiger partial charge in [-0.25, -0.2) is 4.98 Å². The van der Waals surface area contributed by atoms with Crippen LogP contribution in [0.4, 0.5) is 5.82 Å². The van der Waals surface area contributed by atoms with Crippen molar-refractivity contribution in [1.82, 2.24) is 25.4 Å². The molecule has 5 rings (SSSR count). The average Bonchev–Trinajstić information content (AvgIpc) is 3.20. The van der Waals surface area contributed by atoms with E-state index < -0.39 is 6.10 Å². The van der Waals surface area contributed by atoms with Crippen LogP contribution in [-0.4, -0.2) is 45.6 Å². The number of nitriles is 1. The first-order valence-corrected chi connectivity index (χ1v) is 11.3. The van der Waals surface area contributed by atoms with E-state index in [1.807, 2.05) is 19.1 Å². The minimum atomic E-state index is -0.528. The Balaban J connectivity index is 1.55. The molecular weight excluding hydrogens is 477 g/mol. The number of pyridine rings is 1. The lowest BCUT2D eigenvalue weighted by atomic mass is 10.1. The summed E-state index contributed by atoms with van der Waals surface area (Å²) in [5, 5.41) is 26.1. The molecule has 0 radical (unpaired) electrons. The van der Waals surface area contributed by atoms with Crippen LogP contribution in [0.3, 0.4) is 0 Å². The van der Waals surface area contributed by atoms with Crippen molar-refractivity contribution < 1.29 is 9.47 Å². The summed E-state index contributed by atoms with van der Waals surface area (Å²) in [4.78, 5) is 6.64. The normalized spacial score (nSPS) is 13.9. The Labute approximate surface area is 205 Å². The maximum Gasteiger partial charge on any atom is 0.162 e. The molecule has 0 bridgehead atoms. The number of nitrogens with one attached hydrogen (secondary N) is 1. The molecule has 34 heavy (non-hydrogen) atoms. The van der Waals surface area contributed by atoms with Crippen LogP contribution in [-0.2, 0) is 0 Å². The number of rotatable bonds is 6. The predicted octanol–water partition coefficient (Wildman–Crippen LogP) is 4.95. The van der Waals surface area contributed by atoms with E-state index in [-0.39, 0.29) is 5.15 Å². The van der Waals surface area contributed by atoms with Crippen LogP contribution in [0.2, 0.25) is 10.2 Å². The molecule has 0 amide bonds. The lowest BCUT2D eigenvalue weighted by Gasteiger charge is -2.32. The SMILES string of the molecule is COc1cc2[nH]nc(-c3cnc(N4CCC4)c(C#N)c3)c2cc1OC(C)c1c(Cl)cnnc1Cl. The molecule has 1 fully saturated rings. The van der Waals surface area contributed by atoms with E-state index in [4.69, 9.17) is 32.7 Å². The van der Waals surface area contributed by atoms with Crippen LogP contribution >= 0.6 is 23.2 Å². The first kappa shape index (κ1) is 22.2. The van der Waals surface area contributed by atoms with Crippen molar-refractivity contribution in [2.45, 2.75) is 19.4 Å². The third kappa shape index (κ3) is 3.85. The molecule has 1 aromatic carbocycles. The highest BCUT2D eigenvalue weighted by atomic mass is 35.5. The van der Waals surface area contributed by atoms with E-state index in [0.29, 0.717) is 39.2 Å². The first-order chi connectivity index (χ1) is 16.5. The molecule has 11 heteroatoms. The lowest BCUT2D eigenvalue weighted by Crippen LogP contribution is -2.38. The maximum absolute atomic E-state index is 9.67. The van der Waals surface area contributed by atoms with Gasteiger partial charge in [0, 0.05) is 36.3 Å².